The normalized spacial score (nSPS) is 34.8. The smallest absolute Gasteiger partial charge is 0.233 e. The average Bonchev–Trinajstić information content (AvgIpc) is 3.64. The molecule has 6 atom stereocenters. The van der Waals surface area contributed by atoms with Crippen molar-refractivity contribution < 1.29 is 9.59 Å². The van der Waals surface area contributed by atoms with Crippen molar-refractivity contribution in [2.24, 2.45) is 35.5 Å². The van der Waals surface area contributed by atoms with Crippen molar-refractivity contribution in [3.63, 3.8) is 0 Å². The molecule has 5 fully saturated rings. The monoisotopic (exact) mass is 504 g/mol. The zero-order valence-corrected chi connectivity index (χ0v) is 21.8. The minimum absolute atomic E-state index is 0.0510. The summed E-state index contributed by atoms with van der Waals surface area (Å²) in [4.78, 5) is 33.5. The van der Waals surface area contributed by atoms with E-state index in [0.717, 1.165) is 57.8 Å². The lowest BCUT2D eigenvalue weighted by Crippen LogP contribution is -2.49. The van der Waals surface area contributed by atoms with Crippen LogP contribution in [0.4, 0.5) is 5.82 Å². The summed E-state index contributed by atoms with van der Waals surface area (Å²) in [6.07, 6.45) is 6.80. The molecule has 1 aromatic carbocycles. The van der Waals surface area contributed by atoms with Crippen LogP contribution >= 0.6 is 11.5 Å². The first-order valence-electron chi connectivity index (χ1n) is 13.9. The second-order valence-electron chi connectivity index (χ2n) is 11.9. The van der Waals surface area contributed by atoms with E-state index >= 15 is 0 Å². The Bertz CT molecular complexity index is 1200. The Morgan fingerprint density at radius 3 is 2.47 bits per heavy atom. The summed E-state index contributed by atoms with van der Waals surface area (Å²) in [5, 5.41) is 1.27. The molecular weight excluding hydrogens is 468 g/mol. The highest BCUT2D eigenvalue weighted by Crippen LogP contribution is 2.58. The Kier molecular flexibility index (Phi) is 5.69. The van der Waals surface area contributed by atoms with Crippen LogP contribution in [0.2, 0.25) is 0 Å². The molecule has 0 spiro atoms. The van der Waals surface area contributed by atoms with E-state index in [1.54, 1.807) is 16.4 Å². The largest absolute Gasteiger partial charge is 0.353 e. The Balaban J connectivity index is 0.990. The van der Waals surface area contributed by atoms with Gasteiger partial charge in [-0.05, 0) is 73.0 Å². The van der Waals surface area contributed by atoms with Crippen LogP contribution in [0, 0.1) is 35.5 Å². The number of hydrogen-bond donors (Lipinski definition) is 0. The maximum atomic E-state index is 13.4. The average molecular weight is 505 g/mol. The molecule has 2 amide bonds. The number of anilines is 1. The minimum Gasteiger partial charge on any atom is -0.353 e. The molecule has 190 valence electrons. The van der Waals surface area contributed by atoms with Crippen LogP contribution in [-0.2, 0) is 9.59 Å². The van der Waals surface area contributed by atoms with Gasteiger partial charge >= 0.3 is 0 Å². The van der Waals surface area contributed by atoms with E-state index in [9.17, 15) is 9.59 Å². The Labute approximate surface area is 217 Å². The van der Waals surface area contributed by atoms with Gasteiger partial charge in [-0.3, -0.25) is 19.4 Å². The first-order chi connectivity index (χ1) is 17.6. The molecule has 6 nitrogen and oxygen atoms in total. The Morgan fingerprint density at radius 1 is 0.944 bits per heavy atom. The van der Waals surface area contributed by atoms with E-state index < -0.39 is 0 Å². The summed E-state index contributed by atoms with van der Waals surface area (Å²) in [7, 11) is 0. The summed E-state index contributed by atoms with van der Waals surface area (Å²) in [5.74, 6) is 2.87. The number of allylic oxidation sites excluding steroid dienone is 1. The highest BCUT2D eigenvalue weighted by molar-refractivity contribution is 7.13. The van der Waals surface area contributed by atoms with E-state index in [2.05, 4.69) is 40.6 Å². The second-order valence-corrected chi connectivity index (χ2v) is 12.7. The lowest BCUT2D eigenvalue weighted by Gasteiger charge is -2.40. The number of nitrogens with zero attached hydrogens (tertiary/aromatic N) is 4. The summed E-state index contributed by atoms with van der Waals surface area (Å²) in [6.45, 7) is 10.1. The number of rotatable bonds is 5. The second kappa shape index (κ2) is 8.95. The fourth-order valence-corrected chi connectivity index (χ4v) is 8.98. The topological polar surface area (TPSA) is 56.8 Å². The lowest BCUT2D eigenvalue weighted by molar-refractivity contribution is -0.142. The van der Waals surface area contributed by atoms with E-state index in [0.29, 0.717) is 24.3 Å². The first kappa shape index (κ1) is 22.9. The number of likely N-dealkylation sites (tertiary alicyclic amines) is 1. The number of carbonyl (C=O) groups excluding carboxylic acids is 2. The van der Waals surface area contributed by atoms with Gasteiger partial charge in [-0.25, -0.2) is 0 Å². The number of piperazine rings is 1. The van der Waals surface area contributed by atoms with Gasteiger partial charge in [0, 0.05) is 44.7 Å². The molecule has 36 heavy (non-hydrogen) atoms. The van der Waals surface area contributed by atoms with Crippen molar-refractivity contribution in [1.82, 2.24) is 14.2 Å². The Morgan fingerprint density at radius 2 is 1.67 bits per heavy atom. The summed E-state index contributed by atoms with van der Waals surface area (Å²) < 4.78 is 6.02. The molecule has 3 saturated carbocycles. The van der Waals surface area contributed by atoms with Crippen molar-refractivity contribution in [3.05, 3.63) is 36.4 Å². The van der Waals surface area contributed by atoms with Crippen molar-refractivity contribution >= 4 is 39.3 Å². The molecule has 7 rings (SSSR count). The molecule has 0 N–H and O–H groups in total. The third-order valence-corrected chi connectivity index (χ3v) is 10.9. The van der Waals surface area contributed by atoms with Gasteiger partial charge in [-0.2, -0.15) is 4.37 Å². The molecule has 2 bridgehead atoms. The molecule has 3 aliphatic carbocycles. The van der Waals surface area contributed by atoms with E-state index in [1.807, 2.05) is 0 Å². The van der Waals surface area contributed by atoms with Crippen molar-refractivity contribution in [2.75, 3.05) is 44.2 Å². The third kappa shape index (κ3) is 3.65. The standard InChI is InChI=1S/C29H36N4O2S/c1-18-14-21-15-23(18)26-25(21)28(34)33(29(26)35)17-20-7-3-2-6-19(20)16-31-10-12-32(13-11-31)27-22-8-4-5-9-24(22)36-30-27/h4-5,8-9,19-21,23,25-26H,1-3,6-7,10-17H2/t19?,20?,21-,23+,25?,26?/m1/s1. The molecule has 4 unspecified atom stereocenters. The van der Waals surface area contributed by atoms with E-state index in [1.165, 1.54) is 34.9 Å². The molecule has 5 aliphatic rings. The van der Waals surface area contributed by atoms with Crippen molar-refractivity contribution in [2.45, 2.75) is 38.5 Å². The lowest BCUT2D eigenvalue weighted by atomic mass is 9.78. The predicted molar refractivity (Wildman–Crippen MR) is 143 cm³/mol. The minimum atomic E-state index is -0.0966. The van der Waals surface area contributed by atoms with Crippen LogP contribution in [0.1, 0.15) is 38.5 Å². The number of carbonyl (C=O) groups is 2. The summed E-state index contributed by atoms with van der Waals surface area (Å²) in [5.41, 5.74) is 1.21. The van der Waals surface area contributed by atoms with Gasteiger partial charge in [0.2, 0.25) is 11.8 Å². The molecule has 7 heteroatoms. The number of imide groups is 1. The number of hydrogen-bond acceptors (Lipinski definition) is 6. The number of aromatic nitrogens is 1. The maximum absolute atomic E-state index is 13.4. The first-order valence-corrected chi connectivity index (χ1v) is 14.7. The van der Waals surface area contributed by atoms with Gasteiger partial charge in [0.15, 0.2) is 0 Å². The highest BCUT2D eigenvalue weighted by Gasteiger charge is 2.62. The molecule has 3 heterocycles. The SMILES string of the molecule is C=C1C[C@@H]2C[C@@H]1C1C(=O)N(CC3CCCCC3CN3CCN(c4nsc5ccccc45)CC3)C(=O)C12. The number of fused-ring (bicyclic) bond motifs is 6. The van der Waals surface area contributed by atoms with Crippen LogP contribution in [0.5, 0.6) is 0 Å². The van der Waals surface area contributed by atoms with Gasteiger partial charge in [-0.1, -0.05) is 37.1 Å². The fraction of sp³-hybridized carbons (Fsp3) is 0.621. The molecule has 0 radical (unpaired) electrons. The molecule has 2 aromatic rings. The quantitative estimate of drug-likeness (QED) is 0.446. The van der Waals surface area contributed by atoms with Gasteiger partial charge < -0.3 is 4.90 Å². The zero-order chi connectivity index (χ0) is 24.4. The highest BCUT2D eigenvalue weighted by atomic mass is 32.1. The van der Waals surface area contributed by atoms with Crippen LogP contribution in [0.3, 0.4) is 0 Å². The molecule has 2 saturated heterocycles. The van der Waals surface area contributed by atoms with Crippen molar-refractivity contribution in [1.29, 1.82) is 0 Å². The van der Waals surface area contributed by atoms with Gasteiger partial charge in [0.05, 0.1) is 16.5 Å². The van der Waals surface area contributed by atoms with E-state index in [-0.39, 0.29) is 29.6 Å². The number of benzene rings is 1. The van der Waals surface area contributed by atoms with Gasteiger partial charge in [-0.15, -0.1) is 0 Å². The maximum Gasteiger partial charge on any atom is 0.233 e. The predicted octanol–water partition coefficient (Wildman–Crippen LogP) is 4.42. The van der Waals surface area contributed by atoms with Crippen LogP contribution in [-0.4, -0.2) is 65.3 Å². The zero-order valence-electron chi connectivity index (χ0n) is 21.0. The molecule has 2 aliphatic heterocycles. The van der Waals surface area contributed by atoms with Crippen LogP contribution in [0.15, 0.2) is 36.4 Å². The van der Waals surface area contributed by atoms with Gasteiger partial charge in [0.1, 0.15) is 5.82 Å². The molecule has 1 aromatic heterocycles. The van der Waals surface area contributed by atoms with Crippen LogP contribution in [0.25, 0.3) is 10.1 Å². The fourth-order valence-electron chi connectivity index (χ4n) is 8.19. The molecular formula is C29H36N4O2S. The van der Waals surface area contributed by atoms with Crippen LogP contribution < -0.4 is 4.90 Å². The van der Waals surface area contributed by atoms with E-state index in [4.69, 9.17) is 4.37 Å². The van der Waals surface area contributed by atoms with Crippen molar-refractivity contribution in [3.8, 4) is 0 Å². The summed E-state index contributed by atoms with van der Waals surface area (Å²) >= 11 is 1.59. The number of amides is 2. The third-order valence-electron chi connectivity index (χ3n) is 10.0. The Hall–Kier alpha value is -2.25. The van der Waals surface area contributed by atoms with Gasteiger partial charge in [0.25, 0.3) is 0 Å². The summed E-state index contributed by atoms with van der Waals surface area (Å²) in [6, 6.07) is 8.52.